The zero-order valence-electron chi connectivity index (χ0n) is 11.1. The van der Waals surface area contributed by atoms with Gasteiger partial charge in [0.05, 0.1) is 0 Å². The van der Waals surface area contributed by atoms with Gasteiger partial charge in [0.2, 0.25) is 5.91 Å². The zero-order valence-corrected chi connectivity index (χ0v) is 11.1. The van der Waals surface area contributed by atoms with Gasteiger partial charge in [0, 0.05) is 29.9 Å². The maximum Gasteiger partial charge on any atom is 0.268 e. The van der Waals surface area contributed by atoms with E-state index < -0.39 is 5.91 Å². The summed E-state index contributed by atoms with van der Waals surface area (Å²) in [5, 5.41) is 2.85. The maximum atomic E-state index is 11.8. The number of hydrogen-bond donors (Lipinski definition) is 2. The maximum absolute atomic E-state index is 11.8. The van der Waals surface area contributed by atoms with Crippen molar-refractivity contribution in [2.75, 3.05) is 6.54 Å². The highest BCUT2D eigenvalue weighted by Crippen LogP contribution is 2.27. The normalized spacial score (nSPS) is 17.4. The predicted molar refractivity (Wildman–Crippen MR) is 75.4 cm³/mol. The number of carbonyl (C=O) groups is 2. The van der Waals surface area contributed by atoms with Crippen LogP contribution in [0.4, 0.5) is 0 Å². The van der Waals surface area contributed by atoms with Crippen molar-refractivity contribution in [1.29, 1.82) is 0 Å². The molecule has 2 heterocycles. The van der Waals surface area contributed by atoms with Crippen LogP contribution >= 0.6 is 0 Å². The predicted octanol–water partition coefficient (Wildman–Crippen LogP) is 1.56. The summed E-state index contributed by atoms with van der Waals surface area (Å²) < 4.78 is 1.96. The van der Waals surface area contributed by atoms with E-state index in [9.17, 15) is 9.59 Å². The smallest absolute Gasteiger partial charge is 0.268 e. The molecule has 1 atom stereocenters. The van der Waals surface area contributed by atoms with Gasteiger partial charge in [-0.2, -0.15) is 0 Å². The Balaban J connectivity index is 2.08. The SMILES string of the molecule is CC1CNC(=O)c2cc(-c3cccc(C(N)=O)c3)cn21. The van der Waals surface area contributed by atoms with Gasteiger partial charge < -0.3 is 15.6 Å². The first-order valence-electron chi connectivity index (χ1n) is 6.46. The van der Waals surface area contributed by atoms with Gasteiger partial charge in [0.15, 0.2) is 0 Å². The van der Waals surface area contributed by atoms with Crippen LogP contribution in [-0.2, 0) is 0 Å². The molecule has 5 nitrogen and oxygen atoms in total. The molecule has 0 fully saturated rings. The molecule has 2 amide bonds. The molecule has 1 unspecified atom stereocenters. The number of benzene rings is 1. The number of rotatable bonds is 2. The van der Waals surface area contributed by atoms with Gasteiger partial charge in [-0.15, -0.1) is 0 Å². The molecule has 3 N–H and O–H groups in total. The van der Waals surface area contributed by atoms with E-state index in [1.807, 2.05) is 29.8 Å². The first kappa shape index (κ1) is 12.5. The van der Waals surface area contributed by atoms with Crippen LogP contribution in [0.25, 0.3) is 11.1 Å². The summed E-state index contributed by atoms with van der Waals surface area (Å²) in [4.78, 5) is 23.1. The van der Waals surface area contributed by atoms with E-state index in [1.54, 1.807) is 18.2 Å². The average Bonchev–Trinajstić information content (AvgIpc) is 2.89. The van der Waals surface area contributed by atoms with Gasteiger partial charge in [-0.3, -0.25) is 9.59 Å². The monoisotopic (exact) mass is 269 g/mol. The summed E-state index contributed by atoms with van der Waals surface area (Å²) in [5.74, 6) is -0.526. The first-order valence-corrected chi connectivity index (χ1v) is 6.46. The van der Waals surface area contributed by atoms with Crippen LogP contribution in [0.1, 0.15) is 33.8 Å². The van der Waals surface area contributed by atoms with Crippen molar-refractivity contribution < 1.29 is 9.59 Å². The highest BCUT2D eigenvalue weighted by Gasteiger charge is 2.23. The number of nitrogens with one attached hydrogen (secondary N) is 1. The Morgan fingerprint density at radius 1 is 1.35 bits per heavy atom. The third-order valence-electron chi connectivity index (χ3n) is 3.59. The third-order valence-corrected chi connectivity index (χ3v) is 3.59. The lowest BCUT2D eigenvalue weighted by molar-refractivity contribution is 0.0917. The van der Waals surface area contributed by atoms with Crippen LogP contribution in [0.2, 0.25) is 0 Å². The van der Waals surface area contributed by atoms with Crippen LogP contribution in [0.3, 0.4) is 0 Å². The topological polar surface area (TPSA) is 77.1 Å². The minimum absolute atomic E-state index is 0.0691. The van der Waals surface area contributed by atoms with Gasteiger partial charge in [0.25, 0.3) is 5.91 Å². The molecule has 5 heteroatoms. The van der Waals surface area contributed by atoms with Gasteiger partial charge in [-0.05, 0) is 30.7 Å². The molecule has 0 saturated heterocycles. The minimum atomic E-state index is -0.457. The van der Waals surface area contributed by atoms with E-state index in [-0.39, 0.29) is 11.9 Å². The Hall–Kier alpha value is -2.56. The fourth-order valence-electron chi connectivity index (χ4n) is 2.47. The molecule has 102 valence electrons. The van der Waals surface area contributed by atoms with Crippen LogP contribution in [0.15, 0.2) is 36.5 Å². The number of fused-ring (bicyclic) bond motifs is 1. The quantitative estimate of drug-likeness (QED) is 0.868. The van der Waals surface area contributed by atoms with E-state index in [1.165, 1.54) is 0 Å². The first-order chi connectivity index (χ1) is 9.56. The summed E-state index contributed by atoms with van der Waals surface area (Å²) in [6, 6.07) is 9.16. The summed E-state index contributed by atoms with van der Waals surface area (Å²) in [6.07, 6.45) is 1.94. The number of hydrogen-bond acceptors (Lipinski definition) is 2. The van der Waals surface area contributed by atoms with E-state index >= 15 is 0 Å². The van der Waals surface area contributed by atoms with E-state index in [4.69, 9.17) is 5.73 Å². The number of primary amides is 1. The largest absolute Gasteiger partial charge is 0.366 e. The van der Waals surface area contributed by atoms with Crippen molar-refractivity contribution in [3.05, 3.63) is 47.8 Å². The van der Waals surface area contributed by atoms with E-state index in [0.29, 0.717) is 17.8 Å². The molecule has 0 aliphatic carbocycles. The molecule has 20 heavy (non-hydrogen) atoms. The van der Waals surface area contributed by atoms with Crippen molar-refractivity contribution in [1.82, 2.24) is 9.88 Å². The molecule has 1 aromatic heterocycles. The Morgan fingerprint density at radius 3 is 2.85 bits per heavy atom. The summed E-state index contributed by atoms with van der Waals surface area (Å²) >= 11 is 0. The molecule has 1 aromatic carbocycles. The van der Waals surface area contributed by atoms with Crippen molar-refractivity contribution in [3.8, 4) is 11.1 Å². The fraction of sp³-hybridized carbons (Fsp3) is 0.200. The number of aromatic nitrogens is 1. The number of carbonyl (C=O) groups excluding carboxylic acids is 2. The van der Waals surface area contributed by atoms with Crippen molar-refractivity contribution in [3.63, 3.8) is 0 Å². The lowest BCUT2D eigenvalue weighted by Gasteiger charge is -2.22. The standard InChI is InChI=1S/C15H15N3O2/c1-9-7-17-15(20)13-6-12(8-18(9)13)10-3-2-4-11(5-10)14(16)19/h2-6,8-9H,7H2,1H3,(H2,16,19)(H,17,20). The molecular weight excluding hydrogens is 254 g/mol. The van der Waals surface area contributed by atoms with Crippen LogP contribution in [-0.4, -0.2) is 22.9 Å². The van der Waals surface area contributed by atoms with Crippen LogP contribution in [0.5, 0.6) is 0 Å². The van der Waals surface area contributed by atoms with Gasteiger partial charge >= 0.3 is 0 Å². The fourth-order valence-corrected chi connectivity index (χ4v) is 2.47. The zero-order chi connectivity index (χ0) is 14.3. The number of amides is 2. The Kier molecular flexibility index (Phi) is 2.82. The van der Waals surface area contributed by atoms with Gasteiger partial charge in [0.1, 0.15) is 5.69 Å². The number of nitrogens with zero attached hydrogens (tertiary/aromatic N) is 1. The van der Waals surface area contributed by atoms with E-state index in [0.717, 1.165) is 11.1 Å². The summed E-state index contributed by atoms with van der Waals surface area (Å²) in [7, 11) is 0. The molecule has 0 bridgehead atoms. The molecule has 0 radical (unpaired) electrons. The molecule has 0 saturated carbocycles. The second kappa shape index (κ2) is 4.52. The average molecular weight is 269 g/mol. The molecule has 1 aliphatic rings. The van der Waals surface area contributed by atoms with Crippen LogP contribution in [0, 0.1) is 0 Å². The number of nitrogens with two attached hydrogens (primary N) is 1. The van der Waals surface area contributed by atoms with Crippen molar-refractivity contribution in [2.24, 2.45) is 5.73 Å². The van der Waals surface area contributed by atoms with Crippen molar-refractivity contribution >= 4 is 11.8 Å². The molecular formula is C15H15N3O2. The summed E-state index contributed by atoms with van der Waals surface area (Å²) in [5.41, 5.74) is 8.19. The van der Waals surface area contributed by atoms with Crippen molar-refractivity contribution in [2.45, 2.75) is 13.0 Å². The Bertz CT molecular complexity index is 703. The molecule has 0 spiro atoms. The Labute approximate surface area is 116 Å². The van der Waals surface area contributed by atoms with Crippen LogP contribution < -0.4 is 11.1 Å². The second-order valence-corrected chi connectivity index (χ2v) is 5.03. The summed E-state index contributed by atoms with van der Waals surface area (Å²) in [6.45, 7) is 2.67. The highest BCUT2D eigenvalue weighted by molar-refractivity contribution is 5.96. The van der Waals surface area contributed by atoms with E-state index in [2.05, 4.69) is 5.32 Å². The molecule has 1 aliphatic heterocycles. The second-order valence-electron chi connectivity index (χ2n) is 5.03. The highest BCUT2D eigenvalue weighted by atomic mass is 16.2. The third kappa shape index (κ3) is 1.97. The minimum Gasteiger partial charge on any atom is -0.366 e. The lowest BCUT2D eigenvalue weighted by Crippen LogP contribution is -2.37. The Morgan fingerprint density at radius 2 is 2.15 bits per heavy atom. The molecule has 3 rings (SSSR count). The van der Waals surface area contributed by atoms with Gasteiger partial charge in [-0.1, -0.05) is 12.1 Å². The molecule has 2 aromatic rings. The lowest BCUT2D eigenvalue weighted by atomic mass is 10.1. The van der Waals surface area contributed by atoms with Gasteiger partial charge in [-0.25, -0.2) is 0 Å².